The maximum atomic E-state index is 13.3. The van der Waals surface area contributed by atoms with Crippen molar-refractivity contribution in [2.24, 2.45) is 0 Å². The van der Waals surface area contributed by atoms with E-state index in [9.17, 15) is 9.18 Å². The summed E-state index contributed by atoms with van der Waals surface area (Å²) in [5.41, 5.74) is 1.57. The van der Waals surface area contributed by atoms with Gasteiger partial charge in [0, 0.05) is 26.2 Å². The molecule has 1 aromatic heterocycles. The number of carbonyl (C=O) groups excluding carboxylic acids is 1. The lowest BCUT2D eigenvalue weighted by Gasteiger charge is -2.34. The summed E-state index contributed by atoms with van der Waals surface area (Å²) in [5.74, 6) is -0.218. The number of hydrogen-bond acceptors (Lipinski definition) is 4. The van der Waals surface area contributed by atoms with Gasteiger partial charge in [-0.25, -0.2) is 9.07 Å². The quantitative estimate of drug-likeness (QED) is 0.851. The number of halogens is 1. The molecule has 0 radical (unpaired) electrons. The van der Waals surface area contributed by atoms with Crippen LogP contribution in [-0.2, 0) is 23.4 Å². The standard InChI is InChI=1S/C18H24FN5O/c1-18(2,3)24-12-16(20-21-24)11-22-7-8-23(17(25)13-22)10-14-5-4-6-15(19)9-14/h4-6,9,12H,7-8,10-11,13H2,1-3H3. The number of amides is 1. The Bertz CT molecular complexity index is 752. The first kappa shape index (κ1) is 17.5. The van der Waals surface area contributed by atoms with Crippen molar-refractivity contribution in [3.8, 4) is 0 Å². The van der Waals surface area contributed by atoms with Gasteiger partial charge in [-0.2, -0.15) is 0 Å². The monoisotopic (exact) mass is 345 g/mol. The van der Waals surface area contributed by atoms with Crippen molar-refractivity contribution in [1.82, 2.24) is 24.8 Å². The number of piperazine rings is 1. The zero-order valence-corrected chi connectivity index (χ0v) is 14.9. The Labute approximate surface area is 147 Å². The van der Waals surface area contributed by atoms with Crippen molar-refractivity contribution in [3.05, 3.63) is 47.5 Å². The number of aromatic nitrogens is 3. The minimum absolute atomic E-state index is 0.0544. The predicted octanol–water partition coefficient (Wildman–Crippen LogP) is 2.02. The highest BCUT2D eigenvalue weighted by molar-refractivity contribution is 5.79. The second-order valence-corrected chi connectivity index (χ2v) is 7.48. The van der Waals surface area contributed by atoms with Gasteiger partial charge in [0.1, 0.15) is 5.82 Å². The molecule has 1 amide bonds. The molecule has 1 aliphatic heterocycles. The molecule has 0 saturated carbocycles. The average molecular weight is 345 g/mol. The first-order valence-electron chi connectivity index (χ1n) is 8.47. The largest absolute Gasteiger partial charge is 0.336 e. The lowest BCUT2D eigenvalue weighted by molar-refractivity contribution is -0.136. The molecule has 0 spiro atoms. The molecule has 1 aliphatic rings. The van der Waals surface area contributed by atoms with Crippen LogP contribution in [0.5, 0.6) is 0 Å². The molecule has 1 fully saturated rings. The van der Waals surface area contributed by atoms with Gasteiger partial charge in [0.15, 0.2) is 0 Å². The van der Waals surface area contributed by atoms with E-state index in [0.717, 1.165) is 17.8 Å². The maximum Gasteiger partial charge on any atom is 0.237 e. The van der Waals surface area contributed by atoms with Gasteiger partial charge in [0.05, 0.1) is 24.0 Å². The molecule has 1 aromatic carbocycles. The zero-order valence-electron chi connectivity index (χ0n) is 14.9. The summed E-state index contributed by atoms with van der Waals surface area (Å²) >= 11 is 0. The van der Waals surface area contributed by atoms with Crippen molar-refractivity contribution < 1.29 is 9.18 Å². The molecule has 2 aromatic rings. The van der Waals surface area contributed by atoms with Crippen LogP contribution in [0.1, 0.15) is 32.0 Å². The van der Waals surface area contributed by atoms with Crippen LogP contribution in [0.25, 0.3) is 0 Å². The Morgan fingerprint density at radius 1 is 1.20 bits per heavy atom. The number of nitrogens with zero attached hydrogens (tertiary/aromatic N) is 5. The third kappa shape index (κ3) is 4.42. The fraction of sp³-hybridized carbons (Fsp3) is 0.500. The highest BCUT2D eigenvalue weighted by Gasteiger charge is 2.25. The molecule has 0 aliphatic carbocycles. The average Bonchev–Trinajstić information content (AvgIpc) is 2.99. The Kier molecular flexibility index (Phi) is 4.85. The van der Waals surface area contributed by atoms with Crippen LogP contribution in [-0.4, -0.2) is 50.3 Å². The van der Waals surface area contributed by atoms with E-state index in [1.54, 1.807) is 11.0 Å². The molecule has 6 nitrogen and oxygen atoms in total. The number of carbonyl (C=O) groups is 1. The fourth-order valence-electron chi connectivity index (χ4n) is 2.84. The molecule has 3 rings (SSSR count). The van der Waals surface area contributed by atoms with Crippen molar-refractivity contribution in [2.45, 2.75) is 39.4 Å². The van der Waals surface area contributed by atoms with Crippen molar-refractivity contribution in [3.63, 3.8) is 0 Å². The van der Waals surface area contributed by atoms with Gasteiger partial charge in [-0.3, -0.25) is 9.69 Å². The van der Waals surface area contributed by atoms with Crippen LogP contribution in [0.2, 0.25) is 0 Å². The van der Waals surface area contributed by atoms with Gasteiger partial charge in [0.2, 0.25) is 5.91 Å². The lowest BCUT2D eigenvalue weighted by Crippen LogP contribution is -2.49. The summed E-state index contributed by atoms with van der Waals surface area (Å²) in [6.07, 6.45) is 1.93. The van der Waals surface area contributed by atoms with E-state index in [2.05, 4.69) is 36.0 Å². The van der Waals surface area contributed by atoms with Gasteiger partial charge in [-0.1, -0.05) is 17.3 Å². The zero-order chi connectivity index (χ0) is 18.0. The molecule has 25 heavy (non-hydrogen) atoms. The SMILES string of the molecule is CC(C)(C)n1cc(CN2CCN(Cc3cccc(F)c3)C(=O)C2)nn1. The van der Waals surface area contributed by atoms with E-state index in [-0.39, 0.29) is 17.3 Å². The van der Waals surface area contributed by atoms with Crippen LogP contribution in [0.3, 0.4) is 0 Å². The van der Waals surface area contributed by atoms with E-state index in [1.165, 1.54) is 12.1 Å². The number of hydrogen-bond donors (Lipinski definition) is 0. The number of rotatable bonds is 4. The third-order valence-electron chi connectivity index (χ3n) is 4.27. The van der Waals surface area contributed by atoms with Gasteiger partial charge >= 0.3 is 0 Å². The Morgan fingerprint density at radius 2 is 2.00 bits per heavy atom. The predicted molar refractivity (Wildman–Crippen MR) is 92.1 cm³/mol. The van der Waals surface area contributed by atoms with Gasteiger partial charge in [-0.15, -0.1) is 5.10 Å². The van der Waals surface area contributed by atoms with Crippen LogP contribution < -0.4 is 0 Å². The maximum absolute atomic E-state index is 13.3. The first-order valence-corrected chi connectivity index (χ1v) is 8.47. The lowest BCUT2D eigenvalue weighted by atomic mass is 10.1. The molecule has 1 saturated heterocycles. The van der Waals surface area contributed by atoms with Gasteiger partial charge in [-0.05, 0) is 38.5 Å². The summed E-state index contributed by atoms with van der Waals surface area (Å²) < 4.78 is 15.1. The molecule has 0 N–H and O–H groups in total. The van der Waals surface area contributed by atoms with E-state index in [4.69, 9.17) is 0 Å². The first-order chi connectivity index (χ1) is 11.8. The summed E-state index contributed by atoms with van der Waals surface area (Å²) in [7, 11) is 0. The molecule has 0 atom stereocenters. The van der Waals surface area contributed by atoms with Crippen molar-refractivity contribution in [1.29, 1.82) is 0 Å². The van der Waals surface area contributed by atoms with Crippen LogP contribution in [0.4, 0.5) is 4.39 Å². The van der Waals surface area contributed by atoms with Crippen LogP contribution >= 0.6 is 0 Å². The second kappa shape index (κ2) is 6.92. The van der Waals surface area contributed by atoms with Crippen molar-refractivity contribution in [2.75, 3.05) is 19.6 Å². The van der Waals surface area contributed by atoms with E-state index in [0.29, 0.717) is 26.2 Å². The Hall–Kier alpha value is -2.28. The highest BCUT2D eigenvalue weighted by atomic mass is 19.1. The molecule has 7 heteroatoms. The smallest absolute Gasteiger partial charge is 0.237 e. The fourth-order valence-corrected chi connectivity index (χ4v) is 2.84. The van der Waals surface area contributed by atoms with Crippen LogP contribution in [0.15, 0.2) is 30.5 Å². The molecular weight excluding hydrogens is 321 g/mol. The minimum atomic E-state index is -0.273. The van der Waals surface area contributed by atoms with E-state index in [1.807, 2.05) is 16.9 Å². The van der Waals surface area contributed by atoms with Gasteiger partial charge in [0.25, 0.3) is 0 Å². The summed E-state index contributed by atoms with van der Waals surface area (Å²) in [4.78, 5) is 16.2. The molecule has 134 valence electrons. The van der Waals surface area contributed by atoms with Crippen molar-refractivity contribution >= 4 is 5.91 Å². The number of benzene rings is 1. The topological polar surface area (TPSA) is 54.3 Å². The Balaban J connectivity index is 1.56. The molecule has 2 heterocycles. The highest BCUT2D eigenvalue weighted by Crippen LogP contribution is 2.15. The third-order valence-corrected chi connectivity index (χ3v) is 4.27. The van der Waals surface area contributed by atoms with Gasteiger partial charge < -0.3 is 4.90 Å². The summed E-state index contributed by atoms with van der Waals surface area (Å²) in [5, 5.41) is 8.36. The molecule has 0 unspecified atom stereocenters. The molecular formula is C18H24FN5O. The van der Waals surface area contributed by atoms with E-state index >= 15 is 0 Å². The van der Waals surface area contributed by atoms with E-state index < -0.39 is 0 Å². The second-order valence-electron chi connectivity index (χ2n) is 7.48. The summed E-state index contributed by atoms with van der Waals surface area (Å²) in [6, 6.07) is 6.40. The summed E-state index contributed by atoms with van der Waals surface area (Å²) in [6.45, 7) is 9.00. The van der Waals surface area contributed by atoms with Crippen LogP contribution in [0, 0.1) is 5.82 Å². The molecule has 0 bridgehead atoms. The normalized spacial score (nSPS) is 16.5. The minimum Gasteiger partial charge on any atom is -0.336 e. The Morgan fingerprint density at radius 3 is 2.64 bits per heavy atom.